The summed E-state index contributed by atoms with van der Waals surface area (Å²) in [5.41, 5.74) is 7.92. The Balaban J connectivity index is 2.53. The fraction of sp³-hybridized carbons (Fsp3) is 0.154. The summed E-state index contributed by atoms with van der Waals surface area (Å²) < 4.78 is 5.09. The molecule has 0 aliphatic carbocycles. The maximum absolute atomic E-state index is 11.0. The molecular weight excluding hydrogens is 250 g/mol. The van der Waals surface area contributed by atoms with E-state index < -0.39 is 5.97 Å². The standard InChI is InChI=1S/C13H13NO3S/c1-7-10(11(14)12(18-7)13(15)16)8-3-5-9(17-2)6-4-8/h3-6H,14H2,1-2H3,(H,15,16). The number of carboxylic acid groups (broad SMARTS) is 1. The molecule has 1 aromatic carbocycles. The van der Waals surface area contributed by atoms with Gasteiger partial charge in [-0.2, -0.15) is 0 Å². The summed E-state index contributed by atoms with van der Waals surface area (Å²) in [5, 5.41) is 9.04. The summed E-state index contributed by atoms with van der Waals surface area (Å²) in [5.74, 6) is -0.232. The first-order valence-corrected chi connectivity index (χ1v) is 6.12. The van der Waals surface area contributed by atoms with E-state index in [2.05, 4.69) is 0 Å². The lowest BCUT2D eigenvalue weighted by molar-refractivity contribution is 0.0703. The van der Waals surface area contributed by atoms with Crippen LogP contribution in [0.25, 0.3) is 11.1 Å². The number of rotatable bonds is 3. The summed E-state index contributed by atoms with van der Waals surface area (Å²) in [6.45, 7) is 1.87. The van der Waals surface area contributed by atoms with E-state index in [0.29, 0.717) is 5.69 Å². The predicted octanol–water partition coefficient (Wildman–Crippen LogP) is 3.01. The summed E-state index contributed by atoms with van der Waals surface area (Å²) in [4.78, 5) is 12.1. The molecule has 0 fully saturated rings. The number of carboxylic acids is 1. The van der Waals surface area contributed by atoms with Gasteiger partial charge in [0, 0.05) is 10.4 Å². The van der Waals surface area contributed by atoms with Crippen molar-refractivity contribution in [3.05, 3.63) is 34.0 Å². The van der Waals surface area contributed by atoms with Crippen molar-refractivity contribution < 1.29 is 14.6 Å². The summed E-state index contributed by atoms with van der Waals surface area (Å²) in [7, 11) is 1.60. The first-order chi connectivity index (χ1) is 8.54. The fourth-order valence-corrected chi connectivity index (χ4v) is 2.77. The number of aromatic carboxylic acids is 1. The molecule has 0 aliphatic heterocycles. The van der Waals surface area contributed by atoms with Crippen LogP contribution in [0.5, 0.6) is 5.75 Å². The zero-order valence-electron chi connectivity index (χ0n) is 10.1. The summed E-state index contributed by atoms with van der Waals surface area (Å²) in [6.07, 6.45) is 0. The number of anilines is 1. The number of aryl methyl sites for hydroxylation is 1. The topological polar surface area (TPSA) is 72.5 Å². The molecule has 0 saturated heterocycles. The first-order valence-electron chi connectivity index (χ1n) is 5.31. The van der Waals surface area contributed by atoms with Gasteiger partial charge in [0.05, 0.1) is 12.8 Å². The fourth-order valence-electron chi connectivity index (χ4n) is 1.84. The molecule has 3 N–H and O–H groups in total. The lowest BCUT2D eigenvalue weighted by Gasteiger charge is -2.04. The molecule has 2 aromatic rings. The van der Waals surface area contributed by atoms with Gasteiger partial charge in [-0.1, -0.05) is 12.1 Å². The number of ether oxygens (including phenoxy) is 1. The van der Waals surface area contributed by atoms with Crippen LogP contribution >= 0.6 is 11.3 Å². The highest BCUT2D eigenvalue weighted by atomic mass is 32.1. The van der Waals surface area contributed by atoms with Gasteiger partial charge in [0.2, 0.25) is 0 Å². The molecule has 94 valence electrons. The minimum absolute atomic E-state index is 0.193. The van der Waals surface area contributed by atoms with E-state index in [1.54, 1.807) is 7.11 Å². The Morgan fingerprint density at radius 2 is 1.94 bits per heavy atom. The summed E-state index contributed by atoms with van der Waals surface area (Å²) >= 11 is 1.20. The van der Waals surface area contributed by atoms with Crippen molar-refractivity contribution in [1.29, 1.82) is 0 Å². The molecule has 0 bridgehead atoms. The van der Waals surface area contributed by atoms with Crippen molar-refractivity contribution in [2.45, 2.75) is 6.92 Å². The van der Waals surface area contributed by atoms with Crippen molar-refractivity contribution in [3.63, 3.8) is 0 Å². The Morgan fingerprint density at radius 1 is 1.33 bits per heavy atom. The van der Waals surface area contributed by atoms with Gasteiger partial charge in [-0.05, 0) is 24.6 Å². The third-order valence-corrected chi connectivity index (χ3v) is 3.80. The quantitative estimate of drug-likeness (QED) is 0.892. The van der Waals surface area contributed by atoms with Crippen LogP contribution in [0.1, 0.15) is 14.5 Å². The van der Waals surface area contributed by atoms with Gasteiger partial charge in [0.1, 0.15) is 10.6 Å². The highest BCUT2D eigenvalue weighted by molar-refractivity contribution is 7.15. The van der Waals surface area contributed by atoms with Crippen LogP contribution in [0, 0.1) is 6.92 Å². The van der Waals surface area contributed by atoms with Gasteiger partial charge in [-0.25, -0.2) is 4.79 Å². The Kier molecular flexibility index (Phi) is 3.25. The Morgan fingerprint density at radius 3 is 2.39 bits per heavy atom. The highest BCUT2D eigenvalue weighted by Gasteiger charge is 2.19. The van der Waals surface area contributed by atoms with Gasteiger partial charge in [-0.15, -0.1) is 11.3 Å². The molecular formula is C13H13NO3S. The van der Waals surface area contributed by atoms with Crippen molar-refractivity contribution in [1.82, 2.24) is 0 Å². The van der Waals surface area contributed by atoms with Crippen LogP contribution in [0.15, 0.2) is 24.3 Å². The van der Waals surface area contributed by atoms with Gasteiger partial charge in [0.15, 0.2) is 0 Å². The number of hydrogen-bond donors (Lipinski definition) is 2. The number of hydrogen-bond acceptors (Lipinski definition) is 4. The second-order valence-corrected chi connectivity index (χ2v) is 5.03. The maximum Gasteiger partial charge on any atom is 0.348 e. The van der Waals surface area contributed by atoms with Crippen molar-refractivity contribution >= 4 is 23.0 Å². The molecule has 0 radical (unpaired) electrons. The van der Waals surface area contributed by atoms with Gasteiger partial charge < -0.3 is 15.6 Å². The SMILES string of the molecule is COc1ccc(-c2c(C)sc(C(=O)O)c2N)cc1. The zero-order chi connectivity index (χ0) is 13.3. The molecule has 0 amide bonds. The third-order valence-electron chi connectivity index (χ3n) is 2.69. The molecule has 0 atom stereocenters. The van der Waals surface area contributed by atoms with Gasteiger partial charge >= 0.3 is 5.97 Å². The maximum atomic E-state index is 11.0. The molecule has 0 aliphatic rings. The first kappa shape index (κ1) is 12.4. The van der Waals surface area contributed by atoms with Crippen LogP contribution in [-0.4, -0.2) is 18.2 Å². The van der Waals surface area contributed by atoms with E-state index in [1.807, 2.05) is 31.2 Å². The van der Waals surface area contributed by atoms with E-state index >= 15 is 0 Å². The molecule has 4 nitrogen and oxygen atoms in total. The number of benzene rings is 1. The molecule has 5 heteroatoms. The molecule has 0 unspecified atom stereocenters. The minimum Gasteiger partial charge on any atom is -0.497 e. The van der Waals surface area contributed by atoms with Crippen molar-refractivity contribution in [2.75, 3.05) is 12.8 Å². The number of methoxy groups -OCH3 is 1. The molecule has 1 heterocycles. The highest BCUT2D eigenvalue weighted by Crippen LogP contribution is 2.38. The van der Waals surface area contributed by atoms with E-state index in [-0.39, 0.29) is 4.88 Å². The largest absolute Gasteiger partial charge is 0.497 e. The van der Waals surface area contributed by atoms with Gasteiger partial charge in [-0.3, -0.25) is 0 Å². The average Bonchev–Trinajstić information content (AvgIpc) is 2.65. The lowest BCUT2D eigenvalue weighted by atomic mass is 10.0. The van der Waals surface area contributed by atoms with Crippen LogP contribution in [0.2, 0.25) is 0 Å². The Bertz CT molecular complexity index is 587. The summed E-state index contributed by atoms with van der Waals surface area (Å²) in [6, 6.07) is 7.39. The molecule has 0 saturated carbocycles. The molecule has 1 aromatic heterocycles. The van der Waals surface area contributed by atoms with Crippen molar-refractivity contribution in [2.24, 2.45) is 0 Å². The van der Waals surface area contributed by atoms with Crippen LogP contribution in [0.4, 0.5) is 5.69 Å². The zero-order valence-corrected chi connectivity index (χ0v) is 10.9. The average molecular weight is 263 g/mol. The molecule has 18 heavy (non-hydrogen) atoms. The third kappa shape index (κ3) is 2.04. The number of thiophene rings is 1. The minimum atomic E-state index is -0.986. The van der Waals surface area contributed by atoms with E-state index in [9.17, 15) is 4.79 Å². The normalized spacial score (nSPS) is 10.3. The monoisotopic (exact) mass is 263 g/mol. The smallest absolute Gasteiger partial charge is 0.348 e. The predicted molar refractivity (Wildman–Crippen MR) is 72.4 cm³/mol. The Labute approximate surface area is 109 Å². The number of carbonyl (C=O) groups is 1. The second-order valence-electron chi connectivity index (χ2n) is 3.81. The number of nitrogen functional groups attached to an aromatic ring is 1. The lowest BCUT2D eigenvalue weighted by Crippen LogP contribution is -1.98. The van der Waals surface area contributed by atoms with Crippen LogP contribution < -0.4 is 10.5 Å². The van der Waals surface area contributed by atoms with Gasteiger partial charge in [0.25, 0.3) is 0 Å². The van der Waals surface area contributed by atoms with E-state index in [0.717, 1.165) is 21.8 Å². The second kappa shape index (κ2) is 4.70. The van der Waals surface area contributed by atoms with E-state index in [1.165, 1.54) is 11.3 Å². The number of nitrogens with two attached hydrogens (primary N) is 1. The molecule has 0 spiro atoms. The van der Waals surface area contributed by atoms with Crippen LogP contribution in [0.3, 0.4) is 0 Å². The molecule has 2 rings (SSSR count). The van der Waals surface area contributed by atoms with E-state index in [4.69, 9.17) is 15.6 Å². The Hall–Kier alpha value is -2.01. The van der Waals surface area contributed by atoms with Crippen molar-refractivity contribution in [3.8, 4) is 16.9 Å². The van der Waals surface area contributed by atoms with Crippen LogP contribution in [-0.2, 0) is 0 Å².